The molecule has 0 heterocycles. The van der Waals surface area contributed by atoms with E-state index < -0.39 is 0 Å². The number of hydrazone groups is 1. The highest BCUT2D eigenvalue weighted by Gasteiger charge is 2.13. The van der Waals surface area contributed by atoms with Gasteiger partial charge in [-0.25, -0.2) is 5.43 Å². The number of ether oxygens (including phenoxy) is 1. The Hall–Kier alpha value is -3.13. The van der Waals surface area contributed by atoms with Crippen LogP contribution in [0.15, 0.2) is 53.6 Å². The van der Waals surface area contributed by atoms with Crippen molar-refractivity contribution in [2.75, 3.05) is 6.61 Å². The van der Waals surface area contributed by atoms with Gasteiger partial charge in [0.25, 0.3) is 5.91 Å². The molecule has 128 valence electrons. The second-order valence-electron chi connectivity index (χ2n) is 6.59. The maximum absolute atomic E-state index is 11.7. The van der Waals surface area contributed by atoms with Crippen molar-refractivity contribution in [3.8, 4) is 11.8 Å². The van der Waals surface area contributed by atoms with E-state index in [1.807, 2.05) is 30.3 Å². The van der Waals surface area contributed by atoms with Gasteiger partial charge in [0.1, 0.15) is 5.75 Å². The summed E-state index contributed by atoms with van der Waals surface area (Å²) in [4.78, 5) is 11.7. The second-order valence-corrected chi connectivity index (χ2v) is 6.59. The zero-order valence-corrected chi connectivity index (χ0v) is 14.6. The average molecular weight is 335 g/mol. The highest BCUT2D eigenvalue weighted by Crippen LogP contribution is 2.24. The van der Waals surface area contributed by atoms with Crippen molar-refractivity contribution >= 4 is 12.1 Å². The predicted octanol–water partition coefficient (Wildman–Crippen LogP) is 3.38. The number of rotatable bonds is 5. The van der Waals surface area contributed by atoms with Gasteiger partial charge in [0, 0.05) is 0 Å². The molecule has 0 unspecified atom stereocenters. The number of hydrogen-bond acceptors (Lipinski definition) is 4. The second kappa shape index (κ2) is 8.11. The Morgan fingerprint density at radius 2 is 1.80 bits per heavy atom. The van der Waals surface area contributed by atoms with Gasteiger partial charge in [-0.05, 0) is 40.8 Å². The van der Waals surface area contributed by atoms with Gasteiger partial charge in [-0.2, -0.15) is 10.4 Å². The van der Waals surface area contributed by atoms with Gasteiger partial charge < -0.3 is 4.74 Å². The molecule has 0 aliphatic carbocycles. The first-order valence-electron chi connectivity index (χ1n) is 7.94. The maximum atomic E-state index is 11.7. The first kappa shape index (κ1) is 18.2. The standard InChI is InChI=1S/C20H21N3O2/c1-20(2,3)17-8-10-18(11-9-17)25-14-19(24)23-22-13-16-6-4-15(12-21)5-7-16/h4-11,13H,14H2,1-3H3,(H,23,24)/b22-13+. The zero-order chi connectivity index (χ0) is 18.3. The minimum absolute atomic E-state index is 0.0794. The van der Waals surface area contributed by atoms with Gasteiger partial charge in [0.2, 0.25) is 0 Å². The van der Waals surface area contributed by atoms with Crippen molar-refractivity contribution in [3.05, 3.63) is 65.2 Å². The van der Waals surface area contributed by atoms with Gasteiger partial charge in [0.15, 0.2) is 6.61 Å². The van der Waals surface area contributed by atoms with Crippen LogP contribution in [0.4, 0.5) is 0 Å². The molecule has 0 saturated carbocycles. The van der Waals surface area contributed by atoms with E-state index in [1.54, 1.807) is 24.3 Å². The molecule has 0 aromatic heterocycles. The average Bonchev–Trinajstić information content (AvgIpc) is 2.60. The van der Waals surface area contributed by atoms with E-state index in [0.717, 1.165) is 5.56 Å². The largest absolute Gasteiger partial charge is 0.484 e. The van der Waals surface area contributed by atoms with Crippen LogP contribution in [0.25, 0.3) is 0 Å². The molecule has 2 aromatic carbocycles. The molecule has 25 heavy (non-hydrogen) atoms. The SMILES string of the molecule is CC(C)(C)c1ccc(OCC(=O)N/N=C/c2ccc(C#N)cc2)cc1. The molecule has 5 heteroatoms. The van der Waals surface area contributed by atoms with E-state index in [2.05, 4.69) is 31.3 Å². The minimum Gasteiger partial charge on any atom is -0.484 e. The van der Waals surface area contributed by atoms with Crippen molar-refractivity contribution in [3.63, 3.8) is 0 Å². The number of nitriles is 1. The van der Waals surface area contributed by atoms with Crippen molar-refractivity contribution in [2.45, 2.75) is 26.2 Å². The van der Waals surface area contributed by atoms with Crippen LogP contribution in [0.2, 0.25) is 0 Å². The molecule has 2 rings (SSSR count). The van der Waals surface area contributed by atoms with Crippen molar-refractivity contribution in [2.24, 2.45) is 5.10 Å². The first-order chi connectivity index (χ1) is 11.9. The normalized spacial score (nSPS) is 11.1. The fourth-order valence-corrected chi connectivity index (χ4v) is 2.05. The third-order valence-electron chi connectivity index (χ3n) is 3.53. The molecule has 5 nitrogen and oxygen atoms in total. The lowest BCUT2D eigenvalue weighted by Gasteiger charge is -2.19. The molecule has 0 spiro atoms. The Balaban J connectivity index is 1.80. The van der Waals surface area contributed by atoms with Crippen LogP contribution in [0.1, 0.15) is 37.5 Å². The summed E-state index contributed by atoms with van der Waals surface area (Å²) in [5.41, 5.74) is 5.06. The molecule has 0 radical (unpaired) electrons. The number of carbonyl (C=O) groups is 1. The molecular formula is C20H21N3O2. The van der Waals surface area contributed by atoms with Crippen LogP contribution in [0.5, 0.6) is 5.75 Å². The van der Waals surface area contributed by atoms with Gasteiger partial charge in [-0.15, -0.1) is 0 Å². The first-order valence-corrected chi connectivity index (χ1v) is 7.94. The van der Waals surface area contributed by atoms with Gasteiger partial charge in [-0.3, -0.25) is 4.79 Å². The molecule has 0 aliphatic heterocycles. The van der Waals surface area contributed by atoms with Crippen LogP contribution in [0.3, 0.4) is 0 Å². The molecular weight excluding hydrogens is 314 g/mol. The minimum atomic E-state index is -0.343. The molecule has 0 bridgehead atoms. The number of benzene rings is 2. The summed E-state index contributed by atoms with van der Waals surface area (Å²) in [5, 5.41) is 12.6. The molecule has 0 atom stereocenters. The molecule has 1 N–H and O–H groups in total. The summed E-state index contributed by atoms with van der Waals surface area (Å²) < 4.78 is 5.45. The molecule has 0 saturated heterocycles. The maximum Gasteiger partial charge on any atom is 0.277 e. The summed E-state index contributed by atoms with van der Waals surface area (Å²) in [6.45, 7) is 6.31. The molecule has 2 aromatic rings. The topological polar surface area (TPSA) is 74.5 Å². The van der Waals surface area contributed by atoms with Crippen molar-refractivity contribution < 1.29 is 9.53 Å². The molecule has 0 fully saturated rings. The van der Waals surface area contributed by atoms with Gasteiger partial charge in [0.05, 0.1) is 17.8 Å². The third-order valence-corrected chi connectivity index (χ3v) is 3.53. The number of carbonyl (C=O) groups excluding carboxylic acids is 1. The Morgan fingerprint density at radius 3 is 2.36 bits per heavy atom. The third kappa shape index (κ3) is 5.78. The molecule has 1 amide bonds. The predicted molar refractivity (Wildman–Crippen MR) is 97.5 cm³/mol. The van der Waals surface area contributed by atoms with Crippen LogP contribution in [-0.4, -0.2) is 18.7 Å². The van der Waals surface area contributed by atoms with Gasteiger partial charge >= 0.3 is 0 Å². The Bertz CT molecular complexity index is 780. The summed E-state index contributed by atoms with van der Waals surface area (Å²) >= 11 is 0. The van der Waals surface area contributed by atoms with Crippen LogP contribution in [0, 0.1) is 11.3 Å². The van der Waals surface area contributed by atoms with Crippen LogP contribution >= 0.6 is 0 Å². The lowest BCUT2D eigenvalue weighted by Crippen LogP contribution is -2.24. The summed E-state index contributed by atoms with van der Waals surface area (Å²) in [5.74, 6) is 0.295. The summed E-state index contributed by atoms with van der Waals surface area (Å²) in [6, 6.07) is 16.6. The van der Waals surface area contributed by atoms with Crippen molar-refractivity contribution in [1.82, 2.24) is 5.43 Å². The van der Waals surface area contributed by atoms with E-state index in [9.17, 15) is 4.79 Å². The Morgan fingerprint density at radius 1 is 1.16 bits per heavy atom. The highest BCUT2D eigenvalue weighted by atomic mass is 16.5. The number of nitrogens with one attached hydrogen (secondary N) is 1. The lowest BCUT2D eigenvalue weighted by molar-refractivity contribution is -0.123. The highest BCUT2D eigenvalue weighted by molar-refractivity contribution is 5.83. The van der Waals surface area contributed by atoms with Crippen LogP contribution < -0.4 is 10.2 Å². The van der Waals surface area contributed by atoms with Gasteiger partial charge in [-0.1, -0.05) is 45.0 Å². The van der Waals surface area contributed by atoms with Crippen LogP contribution in [-0.2, 0) is 10.2 Å². The monoisotopic (exact) mass is 335 g/mol. The van der Waals surface area contributed by atoms with Crippen molar-refractivity contribution in [1.29, 1.82) is 5.26 Å². The number of nitrogens with zero attached hydrogens (tertiary/aromatic N) is 2. The summed E-state index contributed by atoms with van der Waals surface area (Å²) in [6.07, 6.45) is 1.51. The van der Waals surface area contributed by atoms with E-state index in [4.69, 9.17) is 10.00 Å². The Labute approximate surface area is 147 Å². The Kier molecular flexibility index (Phi) is 5.91. The van der Waals surface area contributed by atoms with E-state index >= 15 is 0 Å². The quantitative estimate of drug-likeness (QED) is 0.672. The molecule has 0 aliphatic rings. The van der Waals surface area contributed by atoms with E-state index in [1.165, 1.54) is 11.8 Å². The van der Waals surface area contributed by atoms with E-state index in [-0.39, 0.29) is 17.9 Å². The zero-order valence-electron chi connectivity index (χ0n) is 14.6. The fourth-order valence-electron chi connectivity index (χ4n) is 2.05. The number of amides is 1. The lowest BCUT2D eigenvalue weighted by atomic mass is 9.87. The van der Waals surface area contributed by atoms with E-state index in [0.29, 0.717) is 11.3 Å². The number of hydrogen-bond donors (Lipinski definition) is 1. The fraction of sp³-hybridized carbons (Fsp3) is 0.250. The smallest absolute Gasteiger partial charge is 0.277 e. The summed E-state index contributed by atoms with van der Waals surface area (Å²) in [7, 11) is 0.